The lowest BCUT2D eigenvalue weighted by atomic mass is 10.2. The second kappa shape index (κ2) is 12.3. The van der Waals surface area contributed by atoms with E-state index in [4.69, 9.17) is 9.73 Å². The monoisotopic (exact) mass is 373 g/mol. The highest BCUT2D eigenvalue weighted by Gasteiger charge is 2.16. The molecule has 0 amide bonds. The molecule has 1 aliphatic heterocycles. The third-order valence-electron chi connectivity index (χ3n) is 4.68. The zero-order valence-corrected chi connectivity index (χ0v) is 17.0. The molecule has 1 N–H and O–H groups in total. The number of guanidine groups is 1. The van der Waals surface area contributed by atoms with E-state index in [-0.39, 0.29) is 0 Å². The van der Waals surface area contributed by atoms with Gasteiger partial charge < -0.3 is 19.9 Å². The molecule has 1 aromatic rings. The molecule has 27 heavy (non-hydrogen) atoms. The molecule has 0 bridgehead atoms. The number of anilines is 1. The molecule has 1 saturated heterocycles. The van der Waals surface area contributed by atoms with Gasteiger partial charge in [0.2, 0.25) is 0 Å². The van der Waals surface area contributed by atoms with Crippen LogP contribution >= 0.6 is 0 Å². The summed E-state index contributed by atoms with van der Waals surface area (Å²) < 4.78 is 5.47. The number of pyridine rings is 1. The van der Waals surface area contributed by atoms with Gasteiger partial charge in [0.05, 0.1) is 19.8 Å². The second-order valence-corrected chi connectivity index (χ2v) is 6.82. The molecule has 6 heteroatoms. The molecule has 2 rings (SSSR count). The van der Waals surface area contributed by atoms with E-state index in [1.165, 1.54) is 19.3 Å². The van der Waals surface area contributed by atoms with Crippen LogP contribution in [0.2, 0.25) is 0 Å². The number of hydrogen-bond acceptors (Lipinski definition) is 4. The predicted octanol–water partition coefficient (Wildman–Crippen LogP) is 3.06. The largest absolute Gasteiger partial charge is 0.378 e. The van der Waals surface area contributed by atoms with Crippen LogP contribution in [-0.2, 0) is 11.3 Å². The van der Waals surface area contributed by atoms with E-state index in [9.17, 15) is 0 Å². The van der Waals surface area contributed by atoms with Crippen LogP contribution in [0.1, 0.15) is 38.2 Å². The van der Waals surface area contributed by atoms with Crippen LogP contribution in [0.4, 0.5) is 5.82 Å². The molecule has 2 heterocycles. The fraction of sp³-hybridized carbons (Fsp3) is 0.619. The Morgan fingerprint density at radius 3 is 2.93 bits per heavy atom. The van der Waals surface area contributed by atoms with Crippen molar-refractivity contribution in [3.63, 3.8) is 0 Å². The molecular formula is C21H35N5O. The Labute approximate surface area is 164 Å². The summed E-state index contributed by atoms with van der Waals surface area (Å²) >= 11 is 0. The van der Waals surface area contributed by atoms with Crippen molar-refractivity contribution in [1.82, 2.24) is 15.2 Å². The maximum Gasteiger partial charge on any atom is 0.193 e. The molecule has 0 unspecified atom stereocenters. The van der Waals surface area contributed by atoms with Gasteiger partial charge in [0.25, 0.3) is 0 Å². The number of morpholine rings is 1. The average Bonchev–Trinajstić information content (AvgIpc) is 2.71. The van der Waals surface area contributed by atoms with E-state index in [0.717, 1.165) is 63.2 Å². The van der Waals surface area contributed by atoms with Crippen molar-refractivity contribution in [2.24, 2.45) is 4.99 Å². The lowest BCUT2D eigenvalue weighted by molar-refractivity contribution is 0.122. The summed E-state index contributed by atoms with van der Waals surface area (Å²) in [6, 6.07) is 4.12. The number of aliphatic imine (C=N–C) groups is 1. The minimum atomic E-state index is 0.629. The van der Waals surface area contributed by atoms with E-state index in [1.807, 2.05) is 18.3 Å². The molecular weight excluding hydrogens is 338 g/mol. The fourth-order valence-corrected chi connectivity index (χ4v) is 3.16. The minimum absolute atomic E-state index is 0.629. The Morgan fingerprint density at radius 1 is 1.37 bits per heavy atom. The van der Waals surface area contributed by atoms with E-state index in [0.29, 0.717) is 6.54 Å². The predicted molar refractivity (Wildman–Crippen MR) is 113 cm³/mol. The van der Waals surface area contributed by atoms with Crippen LogP contribution in [-0.4, -0.2) is 62.3 Å². The van der Waals surface area contributed by atoms with Gasteiger partial charge in [0.15, 0.2) is 5.96 Å². The Kier molecular flexibility index (Phi) is 9.69. The number of hydrogen-bond donors (Lipinski definition) is 1. The molecule has 1 aromatic heterocycles. The van der Waals surface area contributed by atoms with Crippen molar-refractivity contribution in [2.45, 2.75) is 39.2 Å². The molecule has 0 aromatic carbocycles. The lowest BCUT2D eigenvalue weighted by Crippen LogP contribution is -2.39. The first kappa shape index (κ1) is 21.2. The van der Waals surface area contributed by atoms with Crippen molar-refractivity contribution < 1.29 is 4.74 Å². The Morgan fingerprint density at radius 2 is 2.19 bits per heavy atom. The van der Waals surface area contributed by atoms with Crippen LogP contribution in [0.25, 0.3) is 0 Å². The maximum atomic E-state index is 5.47. The highest BCUT2D eigenvalue weighted by molar-refractivity contribution is 5.79. The van der Waals surface area contributed by atoms with Crippen LogP contribution in [0.5, 0.6) is 0 Å². The first-order valence-electron chi connectivity index (χ1n) is 10.1. The van der Waals surface area contributed by atoms with Gasteiger partial charge in [0, 0.05) is 45.0 Å². The van der Waals surface area contributed by atoms with E-state index in [1.54, 1.807) is 0 Å². The van der Waals surface area contributed by atoms with Crippen molar-refractivity contribution in [2.75, 3.05) is 51.3 Å². The lowest BCUT2D eigenvalue weighted by Gasteiger charge is -2.29. The van der Waals surface area contributed by atoms with Crippen LogP contribution in [0, 0.1) is 0 Å². The summed E-state index contributed by atoms with van der Waals surface area (Å²) in [4.78, 5) is 14.0. The first-order valence-corrected chi connectivity index (χ1v) is 10.1. The zero-order chi connectivity index (χ0) is 19.3. The zero-order valence-electron chi connectivity index (χ0n) is 17.0. The van der Waals surface area contributed by atoms with Crippen LogP contribution in [0.15, 0.2) is 36.0 Å². The molecule has 0 aliphatic carbocycles. The minimum Gasteiger partial charge on any atom is -0.378 e. The van der Waals surface area contributed by atoms with Gasteiger partial charge >= 0.3 is 0 Å². The van der Waals surface area contributed by atoms with Gasteiger partial charge in [-0.25, -0.2) is 9.98 Å². The molecule has 1 fully saturated rings. The average molecular weight is 374 g/mol. The van der Waals surface area contributed by atoms with Gasteiger partial charge in [0.1, 0.15) is 5.82 Å². The van der Waals surface area contributed by atoms with Crippen molar-refractivity contribution in [3.05, 3.63) is 36.5 Å². The van der Waals surface area contributed by atoms with Gasteiger partial charge in [-0.15, -0.1) is 6.58 Å². The summed E-state index contributed by atoms with van der Waals surface area (Å²) in [7, 11) is 2.11. The quantitative estimate of drug-likeness (QED) is 0.296. The number of rotatable bonds is 10. The number of aromatic nitrogens is 1. The fourth-order valence-electron chi connectivity index (χ4n) is 3.16. The van der Waals surface area contributed by atoms with Gasteiger partial charge in [-0.1, -0.05) is 18.6 Å². The molecule has 0 saturated carbocycles. The smallest absolute Gasteiger partial charge is 0.193 e. The summed E-state index contributed by atoms with van der Waals surface area (Å²) in [5.41, 5.74) is 1.16. The molecule has 150 valence electrons. The highest BCUT2D eigenvalue weighted by atomic mass is 16.5. The van der Waals surface area contributed by atoms with E-state index >= 15 is 0 Å². The van der Waals surface area contributed by atoms with Gasteiger partial charge in [-0.3, -0.25) is 0 Å². The van der Waals surface area contributed by atoms with Crippen LogP contribution in [0.3, 0.4) is 0 Å². The first-order chi connectivity index (χ1) is 13.3. The van der Waals surface area contributed by atoms with Gasteiger partial charge in [-0.2, -0.15) is 0 Å². The highest BCUT2D eigenvalue weighted by Crippen LogP contribution is 2.19. The molecule has 0 spiro atoms. The Balaban J connectivity index is 1.98. The number of allylic oxidation sites excluding steroid dienone is 1. The summed E-state index contributed by atoms with van der Waals surface area (Å²) in [6.45, 7) is 11.7. The standard InChI is InChI=1S/C21H35N5O/c1-4-6-7-8-9-13-25(3)21(22-5-2)24-18-19-11-10-12-23-20(19)26-14-16-27-17-15-26/h4,10-12H,1,5-9,13-18H2,2-3H3,(H,22,24). The van der Waals surface area contributed by atoms with E-state index in [2.05, 4.69) is 46.7 Å². The summed E-state index contributed by atoms with van der Waals surface area (Å²) in [6.07, 6.45) is 8.56. The van der Waals surface area contributed by atoms with Gasteiger partial charge in [-0.05, 0) is 32.3 Å². The molecule has 0 atom stereocenters. The van der Waals surface area contributed by atoms with Crippen LogP contribution < -0.4 is 10.2 Å². The number of nitrogens with one attached hydrogen (secondary N) is 1. The number of nitrogens with zero attached hydrogens (tertiary/aromatic N) is 4. The third-order valence-corrected chi connectivity index (χ3v) is 4.68. The molecule has 1 aliphatic rings. The Bertz CT molecular complexity index is 584. The summed E-state index contributed by atoms with van der Waals surface area (Å²) in [5.74, 6) is 1.99. The SMILES string of the molecule is C=CCCCCCN(C)C(=NCc1cccnc1N1CCOCC1)NCC. The van der Waals surface area contributed by atoms with Crippen molar-refractivity contribution in [1.29, 1.82) is 0 Å². The van der Waals surface area contributed by atoms with E-state index < -0.39 is 0 Å². The number of ether oxygens (including phenoxy) is 1. The van der Waals surface area contributed by atoms with Crippen molar-refractivity contribution in [3.8, 4) is 0 Å². The molecule has 0 radical (unpaired) electrons. The molecule has 6 nitrogen and oxygen atoms in total. The Hall–Kier alpha value is -2.08. The maximum absolute atomic E-state index is 5.47. The topological polar surface area (TPSA) is 53.0 Å². The normalized spacial score (nSPS) is 14.9. The van der Waals surface area contributed by atoms with Crippen molar-refractivity contribution >= 4 is 11.8 Å². The second-order valence-electron chi connectivity index (χ2n) is 6.82. The number of unbranched alkanes of at least 4 members (excludes halogenated alkanes) is 3. The summed E-state index contributed by atoms with van der Waals surface area (Å²) in [5, 5.41) is 3.41. The third kappa shape index (κ3) is 7.21.